The van der Waals surface area contributed by atoms with Crippen molar-refractivity contribution in [2.45, 2.75) is 6.92 Å². The minimum absolute atomic E-state index is 0.0881. The second kappa shape index (κ2) is 4.81. The molecule has 0 saturated carbocycles. The van der Waals surface area contributed by atoms with Gasteiger partial charge in [-0.25, -0.2) is 9.97 Å². The molecule has 2 aromatic heterocycles. The van der Waals surface area contributed by atoms with E-state index in [1.807, 2.05) is 13.0 Å². The van der Waals surface area contributed by atoms with Crippen LogP contribution in [-0.2, 0) is 0 Å². The van der Waals surface area contributed by atoms with Crippen molar-refractivity contribution >= 4 is 38.8 Å². The number of nitro groups is 1. The van der Waals surface area contributed by atoms with Crippen molar-refractivity contribution < 1.29 is 4.92 Å². The quantitative estimate of drug-likeness (QED) is 0.403. The highest BCUT2D eigenvalue weighted by atomic mass is 35.5. The Balaban J connectivity index is 2.16. The first-order chi connectivity index (χ1) is 9.56. The maximum Gasteiger partial charge on any atom is 0.269 e. The van der Waals surface area contributed by atoms with Crippen LogP contribution >= 0.6 is 22.9 Å². The van der Waals surface area contributed by atoms with Crippen molar-refractivity contribution in [3.8, 4) is 10.4 Å². The molecule has 0 radical (unpaired) electrons. The average Bonchev–Trinajstić information content (AvgIpc) is 2.83. The van der Waals surface area contributed by atoms with E-state index in [4.69, 9.17) is 11.6 Å². The first-order valence-corrected chi connectivity index (χ1v) is 6.91. The van der Waals surface area contributed by atoms with Crippen molar-refractivity contribution in [2.24, 2.45) is 0 Å². The molecule has 0 aliphatic rings. The summed E-state index contributed by atoms with van der Waals surface area (Å²) in [6.45, 7) is 1.85. The van der Waals surface area contributed by atoms with Gasteiger partial charge in [-0.3, -0.25) is 10.1 Å². The standard InChI is InChI=1S/C13H8ClN3O2S/c1-7-4-8(17(18)19)2-3-9(7)11-5-10-12(20-11)13(14)16-6-15-10/h2-6H,1H3. The number of aryl methyl sites for hydroxylation is 1. The molecule has 5 nitrogen and oxygen atoms in total. The molecule has 3 rings (SSSR count). The molecule has 0 unspecified atom stereocenters. The third-order valence-electron chi connectivity index (χ3n) is 2.95. The number of hydrogen-bond donors (Lipinski definition) is 0. The molecule has 0 fully saturated rings. The fourth-order valence-electron chi connectivity index (χ4n) is 2.00. The zero-order valence-corrected chi connectivity index (χ0v) is 11.9. The summed E-state index contributed by atoms with van der Waals surface area (Å²) in [6.07, 6.45) is 1.42. The van der Waals surface area contributed by atoms with Gasteiger partial charge in [-0.15, -0.1) is 11.3 Å². The number of hydrogen-bond acceptors (Lipinski definition) is 5. The van der Waals surface area contributed by atoms with Crippen molar-refractivity contribution in [2.75, 3.05) is 0 Å². The Morgan fingerprint density at radius 3 is 2.75 bits per heavy atom. The van der Waals surface area contributed by atoms with E-state index in [1.54, 1.807) is 12.1 Å². The molecule has 0 N–H and O–H groups in total. The van der Waals surface area contributed by atoms with Crippen LogP contribution in [0.5, 0.6) is 0 Å². The number of rotatable bonds is 2. The predicted molar refractivity (Wildman–Crippen MR) is 79.3 cm³/mol. The van der Waals surface area contributed by atoms with Gasteiger partial charge in [0.25, 0.3) is 5.69 Å². The predicted octanol–water partition coefficient (Wildman–Crippen LogP) is 4.23. The molecule has 0 bridgehead atoms. The second-order valence-electron chi connectivity index (χ2n) is 4.25. The van der Waals surface area contributed by atoms with E-state index in [2.05, 4.69) is 9.97 Å². The van der Waals surface area contributed by atoms with Gasteiger partial charge in [0.1, 0.15) is 11.5 Å². The summed E-state index contributed by atoms with van der Waals surface area (Å²) in [7, 11) is 0. The van der Waals surface area contributed by atoms with Crippen LogP contribution in [0.15, 0.2) is 30.6 Å². The minimum Gasteiger partial charge on any atom is -0.258 e. The van der Waals surface area contributed by atoms with Crippen molar-refractivity contribution in [1.29, 1.82) is 0 Å². The van der Waals surface area contributed by atoms with Crippen LogP contribution in [0.2, 0.25) is 5.15 Å². The normalized spacial score (nSPS) is 10.9. The highest BCUT2D eigenvalue weighted by Crippen LogP contribution is 2.37. The fraction of sp³-hybridized carbons (Fsp3) is 0.0769. The lowest BCUT2D eigenvalue weighted by Gasteiger charge is -2.02. The molecule has 0 aliphatic heterocycles. The average molecular weight is 306 g/mol. The molecule has 2 heterocycles. The van der Waals surface area contributed by atoms with Crippen LogP contribution < -0.4 is 0 Å². The number of nitrogens with zero attached hydrogens (tertiary/aromatic N) is 3. The third-order valence-corrected chi connectivity index (χ3v) is 4.52. The van der Waals surface area contributed by atoms with Gasteiger partial charge < -0.3 is 0 Å². The molecule has 1 aromatic carbocycles. The van der Waals surface area contributed by atoms with Crippen LogP contribution in [-0.4, -0.2) is 14.9 Å². The molecule has 0 aliphatic carbocycles. The number of aromatic nitrogens is 2. The smallest absolute Gasteiger partial charge is 0.258 e. The molecule has 0 spiro atoms. The van der Waals surface area contributed by atoms with E-state index >= 15 is 0 Å². The Hall–Kier alpha value is -2.05. The van der Waals surface area contributed by atoms with E-state index in [0.717, 1.165) is 26.2 Å². The lowest BCUT2D eigenvalue weighted by Crippen LogP contribution is -1.89. The molecule has 7 heteroatoms. The summed E-state index contributed by atoms with van der Waals surface area (Å²) in [5, 5.41) is 11.2. The van der Waals surface area contributed by atoms with Crippen LogP contribution in [0.3, 0.4) is 0 Å². The zero-order chi connectivity index (χ0) is 14.3. The summed E-state index contributed by atoms with van der Waals surface area (Å²) in [6, 6.07) is 6.73. The molecule has 0 amide bonds. The summed E-state index contributed by atoms with van der Waals surface area (Å²) < 4.78 is 0.821. The van der Waals surface area contributed by atoms with E-state index in [9.17, 15) is 10.1 Å². The van der Waals surface area contributed by atoms with Crippen LogP contribution in [0.25, 0.3) is 20.7 Å². The third kappa shape index (κ3) is 2.13. The maximum absolute atomic E-state index is 10.8. The fourth-order valence-corrected chi connectivity index (χ4v) is 3.33. The monoisotopic (exact) mass is 305 g/mol. The van der Waals surface area contributed by atoms with Gasteiger partial charge in [0.05, 0.1) is 15.1 Å². The molecular formula is C13H8ClN3O2S. The lowest BCUT2D eigenvalue weighted by molar-refractivity contribution is -0.384. The Morgan fingerprint density at radius 2 is 2.10 bits per heavy atom. The van der Waals surface area contributed by atoms with Crippen LogP contribution in [0.1, 0.15) is 5.56 Å². The molecule has 0 saturated heterocycles. The lowest BCUT2D eigenvalue weighted by atomic mass is 10.1. The number of nitro benzene ring substituents is 1. The van der Waals surface area contributed by atoms with Crippen molar-refractivity contribution in [3.05, 3.63) is 51.4 Å². The van der Waals surface area contributed by atoms with E-state index in [-0.39, 0.29) is 5.69 Å². The van der Waals surface area contributed by atoms with Gasteiger partial charge in [-0.2, -0.15) is 0 Å². The largest absolute Gasteiger partial charge is 0.269 e. The Morgan fingerprint density at radius 1 is 1.30 bits per heavy atom. The summed E-state index contributed by atoms with van der Waals surface area (Å²) in [5.74, 6) is 0. The summed E-state index contributed by atoms with van der Waals surface area (Å²) in [5.41, 5.74) is 2.65. The van der Waals surface area contributed by atoms with Gasteiger partial charge in [-0.1, -0.05) is 11.6 Å². The minimum atomic E-state index is -0.399. The van der Waals surface area contributed by atoms with Gasteiger partial charge in [0.2, 0.25) is 0 Å². The van der Waals surface area contributed by atoms with E-state index < -0.39 is 4.92 Å². The van der Waals surface area contributed by atoms with Gasteiger partial charge >= 0.3 is 0 Å². The Kier molecular flexibility index (Phi) is 3.11. The zero-order valence-electron chi connectivity index (χ0n) is 10.3. The van der Waals surface area contributed by atoms with Crippen molar-refractivity contribution in [3.63, 3.8) is 0 Å². The first-order valence-electron chi connectivity index (χ1n) is 5.71. The number of fused-ring (bicyclic) bond motifs is 1. The topological polar surface area (TPSA) is 68.9 Å². The van der Waals surface area contributed by atoms with Crippen LogP contribution in [0.4, 0.5) is 5.69 Å². The molecule has 0 atom stereocenters. The second-order valence-corrected chi connectivity index (χ2v) is 5.66. The highest BCUT2D eigenvalue weighted by molar-refractivity contribution is 7.22. The van der Waals surface area contributed by atoms with Gasteiger partial charge in [-0.05, 0) is 30.2 Å². The molecule has 3 aromatic rings. The Labute approximate surface area is 123 Å². The number of non-ortho nitro benzene ring substituents is 1. The maximum atomic E-state index is 10.8. The summed E-state index contributed by atoms with van der Waals surface area (Å²) >= 11 is 7.51. The molecular weight excluding hydrogens is 298 g/mol. The molecule has 100 valence electrons. The van der Waals surface area contributed by atoms with Crippen molar-refractivity contribution in [1.82, 2.24) is 9.97 Å². The van der Waals surface area contributed by atoms with E-state index in [0.29, 0.717) is 5.15 Å². The highest BCUT2D eigenvalue weighted by Gasteiger charge is 2.13. The first kappa shape index (κ1) is 13.0. The number of halogens is 1. The number of benzene rings is 1. The number of thiophene rings is 1. The Bertz CT molecular complexity index is 832. The van der Waals surface area contributed by atoms with Gasteiger partial charge in [0, 0.05) is 17.0 Å². The van der Waals surface area contributed by atoms with Crippen LogP contribution in [0, 0.1) is 17.0 Å². The molecule has 20 heavy (non-hydrogen) atoms. The van der Waals surface area contributed by atoms with E-state index in [1.165, 1.54) is 23.7 Å². The SMILES string of the molecule is Cc1cc([N+](=O)[O-])ccc1-c1cc2ncnc(Cl)c2s1. The summed E-state index contributed by atoms with van der Waals surface area (Å²) in [4.78, 5) is 19.4. The van der Waals surface area contributed by atoms with Gasteiger partial charge in [0.15, 0.2) is 0 Å².